The van der Waals surface area contributed by atoms with Crippen LogP contribution in [0.3, 0.4) is 0 Å². The number of rotatable bonds is 15. The van der Waals surface area contributed by atoms with Crippen LogP contribution in [0.25, 0.3) is 0 Å². The molecule has 0 aromatic carbocycles. The Morgan fingerprint density at radius 2 is 1.68 bits per heavy atom. The van der Waals surface area contributed by atoms with Crippen LogP contribution in [0, 0.1) is 0 Å². The van der Waals surface area contributed by atoms with Crippen molar-refractivity contribution in [3.63, 3.8) is 0 Å². The van der Waals surface area contributed by atoms with E-state index in [4.69, 9.17) is 9.84 Å². The van der Waals surface area contributed by atoms with Crippen molar-refractivity contribution in [1.29, 1.82) is 0 Å². The number of aliphatic hydroxyl groups excluding tert-OH is 1. The quantitative estimate of drug-likeness (QED) is 0.349. The molecule has 1 aliphatic rings. The number of carboxylic acids is 1. The number of hydrogen-bond donors (Lipinski definition) is 2. The van der Waals surface area contributed by atoms with E-state index in [2.05, 4.69) is 6.92 Å². The highest BCUT2D eigenvalue weighted by atomic mass is 16.6. The highest BCUT2D eigenvalue weighted by Gasteiger charge is 2.38. The monoisotopic (exact) mass is 314 g/mol. The van der Waals surface area contributed by atoms with Gasteiger partial charge in [-0.3, -0.25) is 4.79 Å². The van der Waals surface area contributed by atoms with Crippen molar-refractivity contribution >= 4 is 5.97 Å². The molecule has 1 rings (SSSR count). The van der Waals surface area contributed by atoms with Gasteiger partial charge in [0.05, 0.1) is 18.3 Å². The van der Waals surface area contributed by atoms with Gasteiger partial charge in [0.15, 0.2) is 0 Å². The van der Waals surface area contributed by atoms with Crippen molar-refractivity contribution in [2.24, 2.45) is 0 Å². The minimum absolute atomic E-state index is 0.192. The second-order valence-corrected chi connectivity index (χ2v) is 6.65. The zero-order valence-electron chi connectivity index (χ0n) is 14.1. The second-order valence-electron chi connectivity index (χ2n) is 6.65. The molecule has 4 nitrogen and oxygen atoms in total. The zero-order chi connectivity index (χ0) is 16.2. The Morgan fingerprint density at radius 3 is 2.41 bits per heavy atom. The van der Waals surface area contributed by atoms with Crippen LogP contribution < -0.4 is 0 Å². The normalized spacial score (nSPS) is 21.7. The number of epoxide rings is 1. The molecule has 4 heteroatoms. The Labute approximate surface area is 135 Å². The maximum absolute atomic E-state index is 10.4. The summed E-state index contributed by atoms with van der Waals surface area (Å²) in [5, 5.41) is 18.5. The summed E-state index contributed by atoms with van der Waals surface area (Å²) < 4.78 is 5.64. The highest BCUT2D eigenvalue weighted by Crippen LogP contribution is 2.32. The predicted molar refractivity (Wildman–Crippen MR) is 88.0 cm³/mol. The third-order valence-corrected chi connectivity index (χ3v) is 4.46. The molecular weight excluding hydrogens is 280 g/mol. The van der Waals surface area contributed by atoms with Crippen molar-refractivity contribution in [1.82, 2.24) is 0 Å². The molecule has 3 atom stereocenters. The van der Waals surface area contributed by atoms with E-state index in [1.807, 2.05) is 0 Å². The van der Waals surface area contributed by atoms with Gasteiger partial charge >= 0.3 is 5.97 Å². The number of carboxylic acid groups (broad SMARTS) is 1. The van der Waals surface area contributed by atoms with Crippen LogP contribution in [-0.2, 0) is 9.53 Å². The van der Waals surface area contributed by atoms with Gasteiger partial charge in [0.2, 0.25) is 0 Å². The van der Waals surface area contributed by atoms with Gasteiger partial charge in [-0.15, -0.1) is 0 Å². The standard InChI is InChI=1S/C18H34O4/c1-2-3-4-8-11-15(19)14-17-16(22-17)12-9-6-5-7-10-13-18(20)21/h15-17,19H,2-14H2,1H3,(H,20,21)/t15-,16?,17?/m1/s1. The van der Waals surface area contributed by atoms with E-state index in [1.165, 1.54) is 19.3 Å². The summed E-state index contributed by atoms with van der Waals surface area (Å²) >= 11 is 0. The molecule has 130 valence electrons. The Bertz CT molecular complexity index is 293. The van der Waals surface area contributed by atoms with Crippen molar-refractivity contribution in [3.8, 4) is 0 Å². The molecule has 1 aliphatic heterocycles. The molecule has 0 radical (unpaired) electrons. The third-order valence-electron chi connectivity index (χ3n) is 4.46. The lowest BCUT2D eigenvalue weighted by Gasteiger charge is -2.08. The predicted octanol–water partition coefficient (Wildman–Crippen LogP) is 4.29. The molecule has 1 fully saturated rings. The summed E-state index contributed by atoms with van der Waals surface area (Å²) in [4.78, 5) is 10.4. The maximum atomic E-state index is 10.4. The lowest BCUT2D eigenvalue weighted by atomic mass is 10.0. The van der Waals surface area contributed by atoms with E-state index in [0.717, 1.165) is 57.8 Å². The molecule has 0 aliphatic carbocycles. The minimum atomic E-state index is -0.692. The maximum Gasteiger partial charge on any atom is 0.303 e. The first-order valence-electron chi connectivity index (χ1n) is 9.18. The lowest BCUT2D eigenvalue weighted by molar-refractivity contribution is -0.137. The first kappa shape index (κ1) is 19.4. The third kappa shape index (κ3) is 10.2. The van der Waals surface area contributed by atoms with Crippen LogP contribution in [0.5, 0.6) is 0 Å². The summed E-state index contributed by atoms with van der Waals surface area (Å²) in [7, 11) is 0. The summed E-state index contributed by atoms with van der Waals surface area (Å²) in [5.74, 6) is -0.692. The fraction of sp³-hybridized carbons (Fsp3) is 0.944. The van der Waals surface area contributed by atoms with Gasteiger partial charge in [-0.1, -0.05) is 58.3 Å². The van der Waals surface area contributed by atoms with E-state index in [1.54, 1.807) is 0 Å². The molecule has 0 bridgehead atoms. The molecular formula is C18H34O4. The van der Waals surface area contributed by atoms with E-state index in [0.29, 0.717) is 12.5 Å². The van der Waals surface area contributed by atoms with Crippen molar-refractivity contribution in [2.75, 3.05) is 0 Å². The van der Waals surface area contributed by atoms with Crippen molar-refractivity contribution in [2.45, 2.75) is 109 Å². The number of ether oxygens (including phenoxy) is 1. The molecule has 0 spiro atoms. The fourth-order valence-electron chi connectivity index (χ4n) is 2.99. The minimum Gasteiger partial charge on any atom is -0.481 e. The number of aliphatic hydroxyl groups is 1. The fourth-order valence-corrected chi connectivity index (χ4v) is 2.99. The lowest BCUT2D eigenvalue weighted by Crippen LogP contribution is -2.11. The van der Waals surface area contributed by atoms with Gasteiger partial charge in [-0.05, 0) is 19.3 Å². The van der Waals surface area contributed by atoms with Crippen molar-refractivity contribution in [3.05, 3.63) is 0 Å². The van der Waals surface area contributed by atoms with Gasteiger partial charge in [0.25, 0.3) is 0 Å². The first-order valence-corrected chi connectivity index (χ1v) is 9.18. The second kappa shape index (κ2) is 11.9. The molecule has 2 unspecified atom stereocenters. The average molecular weight is 314 g/mol. The number of hydrogen-bond acceptors (Lipinski definition) is 3. The highest BCUT2D eigenvalue weighted by molar-refractivity contribution is 5.66. The summed E-state index contributed by atoms with van der Waals surface area (Å²) in [6.45, 7) is 2.20. The molecule has 0 aromatic rings. The molecule has 0 aromatic heterocycles. The van der Waals surface area contributed by atoms with Gasteiger partial charge < -0.3 is 14.9 Å². The number of carbonyl (C=O) groups is 1. The van der Waals surface area contributed by atoms with Crippen LogP contribution in [0.4, 0.5) is 0 Å². The molecule has 0 amide bonds. The van der Waals surface area contributed by atoms with Crippen LogP contribution in [0.1, 0.15) is 90.4 Å². The topological polar surface area (TPSA) is 70.1 Å². The van der Waals surface area contributed by atoms with Gasteiger partial charge in [-0.2, -0.15) is 0 Å². The average Bonchev–Trinajstić information content (AvgIpc) is 3.20. The van der Waals surface area contributed by atoms with Crippen LogP contribution >= 0.6 is 0 Å². The van der Waals surface area contributed by atoms with E-state index in [-0.39, 0.29) is 12.2 Å². The summed E-state index contributed by atoms with van der Waals surface area (Å²) in [5.41, 5.74) is 0. The summed E-state index contributed by atoms with van der Waals surface area (Å²) in [6, 6.07) is 0. The zero-order valence-corrected chi connectivity index (χ0v) is 14.1. The van der Waals surface area contributed by atoms with E-state index in [9.17, 15) is 9.90 Å². The van der Waals surface area contributed by atoms with E-state index < -0.39 is 5.97 Å². The van der Waals surface area contributed by atoms with Crippen LogP contribution in [0.15, 0.2) is 0 Å². The Hall–Kier alpha value is -0.610. The van der Waals surface area contributed by atoms with E-state index >= 15 is 0 Å². The van der Waals surface area contributed by atoms with Crippen molar-refractivity contribution < 1.29 is 19.7 Å². The van der Waals surface area contributed by atoms with Gasteiger partial charge in [-0.25, -0.2) is 0 Å². The Balaban J connectivity index is 1.86. The molecule has 0 saturated carbocycles. The summed E-state index contributed by atoms with van der Waals surface area (Å²) in [6.07, 6.45) is 13.6. The SMILES string of the molecule is CCCCCC[C@@H](O)CC1OC1CCCCCCCC(=O)O. The Morgan fingerprint density at radius 1 is 1.00 bits per heavy atom. The first-order chi connectivity index (χ1) is 10.6. The van der Waals surface area contributed by atoms with Gasteiger partial charge in [0.1, 0.15) is 0 Å². The van der Waals surface area contributed by atoms with Crippen LogP contribution in [0.2, 0.25) is 0 Å². The molecule has 22 heavy (non-hydrogen) atoms. The largest absolute Gasteiger partial charge is 0.481 e. The molecule has 1 heterocycles. The van der Waals surface area contributed by atoms with Crippen LogP contribution in [-0.4, -0.2) is 34.5 Å². The molecule has 1 saturated heterocycles. The molecule has 2 N–H and O–H groups in total. The smallest absolute Gasteiger partial charge is 0.303 e. The number of aliphatic carboxylic acids is 1. The van der Waals surface area contributed by atoms with Gasteiger partial charge in [0, 0.05) is 12.8 Å². The number of unbranched alkanes of at least 4 members (excludes halogenated alkanes) is 7. The Kier molecular flexibility index (Phi) is 10.5.